The Balaban J connectivity index is 1.26. The number of benzene rings is 3. The molecule has 0 bridgehead atoms. The van der Waals surface area contributed by atoms with Crippen LogP contribution in [0.4, 0.5) is 0 Å². The Morgan fingerprint density at radius 3 is 2.43 bits per heavy atom. The largest absolute Gasteiger partial charge is 0.497 e. The van der Waals surface area contributed by atoms with Gasteiger partial charge < -0.3 is 19.4 Å². The summed E-state index contributed by atoms with van der Waals surface area (Å²) in [6.07, 6.45) is 0.604. The van der Waals surface area contributed by atoms with Crippen LogP contribution in [0.2, 0.25) is 0 Å². The minimum Gasteiger partial charge on any atom is -0.497 e. The van der Waals surface area contributed by atoms with Gasteiger partial charge in [0.15, 0.2) is 11.0 Å². The number of rotatable bonds is 10. The number of nitrogens with one attached hydrogen (secondary N) is 1. The second-order valence-electron chi connectivity index (χ2n) is 9.81. The van der Waals surface area contributed by atoms with Gasteiger partial charge in [0.25, 0.3) is 11.8 Å². The molecular formula is C31H32N6O4S. The van der Waals surface area contributed by atoms with E-state index in [4.69, 9.17) is 14.6 Å². The maximum absolute atomic E-state index is 13.5. The second-order valence-corrected chi connectivity index (χ2v) is 10.7. The molecule has 10 nitrogen and oxygen atoms in total. The van der Waals surface area contributed by atoms with E-state index in [1.54, 1.807) is 48.1 Å². The molecule has 0 spiro atoms. The predicted octanol–water partition coefficient (Wildman–Crippen LogP) is 4.54. The highest BCUT2D eigenvalue weighted by Crippen LogP contribution is 2.34. The Morgan fingerprint density at radius 2 is 1.71 bits per heavy atom. The zero-order chi connectivity index (χ0) is 29.6. The molecule has 1 aliphatic heterocycles. The first-order valence-electron chi connectivity index (χ1n) is 13.4. The van der Waals surface area contributed by atoms with Crippen LogP contribution in [0.3, 0.4) is 0 Å². The summed E-state index contributed by atoms with van der Waals surface area (Å²) in [5.41, 5.74) is 4.46. The van der Waals surface area contributed by atoms with Crippen molar-refractivity contribution in [2.24, 2.45) is 12.1 Å². The number of nitrogens with zero attached hydrogens (tertiary/aromatic N) is 5. The molecule has 0 aliphatic carbocycles. The first kappa shape index (κ1) is 28.9. The lowest BCUT2D eigenvalue weighted by Gasteiger charge is -2.22. The van der Waals surface area contributed by atoms with Crippen LogP contribution in [-0.2, 0) is 18.4 Å². The van der Waals surface area contributed by atoms with Crippen molar-refractivity contribution in [3.63, 3.8) is 0 Å². The fraction of sp³-hybridized carbons (Fsp3) is 0.258. The lowest BCUT2D eigenvalue weighted by Crippen LogP contribution is -2.28. The maximum atomic E-state index is 13.5. The standard InChI is InChI=1S/C31H32N6O4S/c1-20-8-10-22(11-9-20)27-17-26(21-12-14-24(40-3)15-13-21)35-37(27)29(38)19-42-31-34-33-28(36(31)2)18-32-30(39)23-6-5-7-25(16-23)41-4/h5-16,27H,17-19H2,1-4H3,(H,32,39). The predicted molar refractivity (Wildman–Crippen MR) is 161 cm³/mol. The Morgan fingerprint density at radius 1 is 0.976 bits per heavy atom. The number of carbonyl (C=O) groups is 2. The van der Waals surface area contributed by atoms with Crippen LogP contribution in [0.15, 0.2) is 83.1 Å². The molecule has 0 saturated carbocycles. The van der Waals surface area contributed by atoms with Crippen molar-refractivity contribution in [3.8, 4) is 11.5 Å². The van der Waals surface area contributed by atoms with E-state index in [-0.39, 0.29) is 30.2 Å². The van der Waals surface area contributed by atoms with E-state index >= 15 is 0 Å². The normalized spacial score (nSPS) is 14.4. The van der Waals surface area contributed by atoms with Crippen molar-refractivity contribution in [3.05, 3.63) is 101 Å². The molecule has 0 saturated heterocycles. The van der Waals surface area contributed by atoms with E-state index < -0.39 is 0 Å². The van der Waals surface area contributed by atoms with Crippen molar-refractivity contribution in [1.29, 1.82) is 0 Å². The Bertz CT molecular complexity index is 1600. The summed E-state index contributed by atoms with van der Waals surface area (Å²) >= 11 is 1.28. The van der Waals surface area contributed by atoms with Crippen molar-refractivity contribution < 1.29 is 19.1 Å². The van der Waals surface area contributed by atoms with Crippen LogP contribution < -0.4 is 14.8 Å². The maximum Gasteiger partial charge on any atom is 0.253 e. The summed E-state index contributed by atoms with van der Waals surface area (Å²) < 4.78 is 12.3. The number of aryl methyl sites for hydroxylation is 1. The van der Waals surface area contributed by atoms with E-state index in [9.17, 15) is 9.59 Å². The van der Waals surface area contributed by atoms with Crippen molar-refractivity contribution in [1.82, 2.24) is 25.1 Å². The zero-order valence-corrected chi connectivity index (χ0v) is 24.7. The molecular weight excluding hydrogens is 552 g/mol. The zero-order valence-electron chi connectivity index (χ0n) is 23.9. The van der Waals surface area contributed by atoms with Crippen molar-refractivity contribution in [2.75, 3.05) is 20.0 Å². The van der Waals surface area contributed by atoms with Crippen LogP contribution in [0.25, 0.3) is 0 Å². The van der Waals surface area contributed by atoms with Gasteiger partial charge >= 0.3 is 0 Å². The van der Waals surface area contributed by atoms with Crippen LogP contribution in [0, 0.1) is 6.92 Å². The highest BCUT2D eigenvalue weighted by atomic mass is 32.2. The van der Waals surface area contributed by atoms with E-state index in [0.717, 1.165) is 28.2 Å². The topological polar surface area (TPSA) is 111 Å². The molecule has 1 atom stereocenters. The fourth-order valence-electron chi connectivity index (χ4n) is 4.59. The molecule has 3 aromatic carbocycles. The van der Waals surface area contributed by atoms with Gasteiger partial charge in [-0.2, -0.15) is 5.10 Å². The number of hydrogen-bond donors (Lipinski definition) is 1. The number of hydrazone groups is 1. The average Bonchev–Trinajstić information content (AvgIpc) is 3.63. The van der Waals surface area contributed by atoms with E-state index in [0.29, 0.717) is 28.7 Å². The molecule has 42 heavy (non-hydrogen) atoms. The SMILES string of the molecule is COc1ccc(C2=NN(C(=O)CSc3nnc(CNC(=O)c4cccc(OC)c4)n3C)C(c3ccc(C)cc3)C2)cc1. The Kier molecular flexibility index (Phi) is 8.87. The first-order chi connectivity index (χ1) is 20.4. The summed E-state index contributed by atoms with van der Waals surface area (Å²) in [4.78, 5) is 26.1. The van der Waals surface area contributed by atoms with Gasteiger partial charge in [0.2, 0.25) is 0 Å². The van der Waals surface area contributed by atoms with Gasteiger partial charge in [-0.25, -0.2) is 5.01 Å². The molecule has 1 aromatic heterocycles. The lowest BCUT2D eigenvalue weighted by atomic mass is 9.97. The van der Waals surface area contributed by atoms with Crippen molar-refractivity contribution in [2.45, 2.75) is 31.1 Å². The highest BCUT2D eigenvalue weighted by Gasteiger charge is 2.33. The van der Waals surface area contributed by atoms with Crippen LogP contribution in [0.1, 0.15) is 45.3 Å². The van der Waals surface area contributed by atoms with Gasteiger partial charge in [0.1, 0.15) is 11.5 Å². The molecule has 1 aliphatic rings. The summed E-state index contributed by atoms with van der Waals surface area (Å²) in [6.45, 7) is 2.22. The molecule has 4 aromatic rings. The number of ether oxygens (including phenoxy) is 2. The fourth-order valence-corrected chi connectivity index (χ4v) is 5.37. The second kappa shape index (κ2) is 12.9. The quantitative estimate of drug-likeness (QED) is 0.273. The van der Waals surface area contributed by atoms with Crippen LogP contribution >= 0.6 is 11.8 Å². The number of aromatic nitrogens is 3. The summed E-state index contributed by atoms with van der Waals surface area (Å²) in [5, 5.41) is 18.2. The van der Waals surface area contributed by atoms with Gasteiger partial charge in [-0.3, -0.25) is 9.59 Å². The molecule has 2 heterocycles. The minimum absolute atomic E-state index is 0.129. The molecule has 5 rings (SSSR count). The third-order valence-electron chi connectivity index (χ3n) is 7.04. The molecule has 1 N–H and O–H groups in total. The van der Waals surface area contributed by atoms with Crippen LogP contribution in [0.5, 0.6) is 11.5 Å². The molecule has 0 radical (unpaired) electrons. The molecule has 11 heteroatoms. The van der Waals surface area contributed by atoms with Gasteiger partial charge in [0, 0.05) is 19.0 Å². The van der Waals surface area contributed by atoms with Crippen molar-refractivity contribution >= 4 is 29.3 Å². The number of methoxy groups -OCH3 is 2. The van der Waals surface area contributed by atoms with Gasteiger partial charge in [-0.05, 0) is 60.5 Å². The van der Waals surface area contributed by atoms with Crippen LogP contribution in [-0.4, -0.2) is 57.3 Å². The van der Waals surface area contributed by atoms with E-state index in [1.165, 1.54) is 11.8 Å². The van der Waals surface area contributed by atoms with E-state index in [1.807, 2.05) is 50.4 Å². The smallest absolute Gasteiger partial charge is 0.253 e. The number of hydrogen-bond acceptors (Lipinski definition) is 8. The minimum atomic E-state index is -0.247. The molecule has 0 fully saturated rings. The number of amides is 2. The lowest BCUT2D eigenvalue weighted by molar-refractivity contribution is -0.130. The van der Waals surface area contributed by atoms with Gasteiger partial charge in [0.05, 0.1) is 38.3 Å². The Hall–Kier alpha value is -4.64. The molecule has 1 unspecified atom stereocenters. The third-order valence-corrected chi connectivity index (χ3v) is 8.05. The van der Waals surface area contributed by atoms with Gasteiger partial charge in [-0.1, -0.05) is 47.7 Å². The first-order valence-corrected chi connectivity index (χ1v) is 14.4. The molecule has 2 amide bonds. The highest BCUT2D eigenvalue weighted by molar-refractivity contribution is 7.99. The van der Waals surface area contributed by atoms with E-state index in [2.05, 4.69) is 27.6 Å². The summed E-state index contributed by atoms with van der Waals surface area (Å²) in [5.74, 6) is 1.68. The number of thioether (sulfide) groups is 1. The van der Waals surface area contributed by atoms with Gasteiger partial charge in [-0.15, -0.1) is 10.2 Å². The molecule has 216 valence electrons. The Labute approximate surface area is 248 Å². The monoisotopic (exact) mass is 584 g/mol. The number of carbonyl (C=O) groups excluding carboxylic acids is 2. The summed E-state index contributed by atoms with van der Waals surface area (Å²) in [6, 6.07) is 22.6. The average molecular weight is 585 g/mol. The summed E-state index contributed by atoms with van der Waals surface area (Å²) in [7, 11) is 5.00. The third kappa shape index (κ3) is 6.46.